The van der Waals surface area contributed by atoms with Crippen LogP contribution in [0.15, 0.2) is 59.4 Å². The van der Waals surface area contributed by atoms with Gasteiger partial charge in [0.1, 0.15) is 5.75 Å². The first-order valence-corrected chi connectivity index (χ1v) is 8.10. The summed E-state index contributed by atoms with van der Waals surface area (Å²) in [5, 5.41) is 13.0. The van der Waals surface area contributed by atoms with Crippen LogP contribution in [0, 0.1) is 0 Å². The zero-order chi connectivity index (χ0) is 17.4. The number of para-hydroxylation sites is 2. The van der Waals surface area contributed by atoms with Gasteiger partial charge in [-0.3, -0.25) is 14.7 Å². The second-order valence-electron chi connectivity index (χ2n) is 6.04. The van der Waals surface area contributed by atoms with Crippen LogP contribution in [-0.4, -0.2) is 32.2 Å². The highest BCUT2D eigenvalue weighted by Gasteiger charge is 2.27. The number of hydrogen-bond donors (Lipinski definition) is 2. The molecule has 1 aliphatic heterocycles. The largest absolute Gasteiger partial charge is 0.507 e. The van der Waals surface area contributed by atoms with Gasteiger partial charge in [-0.25, -0.2) is 4.68 Å². The van der Waals surface area contributed by atoms with E-state index in [0.717, 1.165) is 11.4 Å². The van der Waals surface area contributed by atoms with Crippen molar-refractivity contribution >= 4 is 5.91 Å². The van der Waals surface area contributed by atoms with E-state index in [0.29, 0.717) is 18.5 Å². The Morgan fingerprint density at radius 2 is 1.76 bits per heavy atom. The Bertz CT molecular complexity index is 989. The minimum absolute atomic E-state index is 0.0472. The van der Waals surface area contributed by atoms with E-state index in [9.17, 15) is 14.7 Å². The Hall–Kier alpha value is -3.28. The molecule has 1 aromatic heterocycles. The molecule has 0 bridgehead atoms. The molecule has 0 atom stereocenters. The molecule has 3 aromatic rings. The van der Waals surface area contributed by atoms with Crippen molar-refractivity contribution in [1.82, 2.24) is 14.7 Å². The SMILES string of the molecule is O=C(c1ccccc1O)N1CCc2[nH]n(-c3ccccc3)c(=O)c2C1. The number of phenolic OH excluding ortho intramolecular Hbond substituents is 1. The number of carbonyl (C=O) groups is 1. The molecule has 6 nitrogen and oxygen atoms in total. The molecule has 0 aliphatic carbocycles. The topological polar surface area (TPSA) is 78.3 Å². The maximum atomic E-state index is 12.7. The maximum Gasteiger partial charge on any atom is 0.276 e. The van der Waals surface area contributed by atoms with Gasteiger partial charge in [-0.15, -0.1) is 0 Å². The number of aromatic hydroxyl groups is 1. The van der Waals surface area contributed by atoms with E-state index in [1.807, 2.05) is 30.3 Å². The number of carbonyl (C=O) groups excluding carboxylic acids is 1. The lowest BCUT2D eigenvalue weighted by atomic mass is 10.1. The zero-order valence-corrected chi connectivity index (χ0v) is 13.5. The number of aromatic nitrogens is 2. The van der Waals surface area contributed by atoms with Gasteiger partial charge in [-0.2, -0.15) is 0 Å². The van der Waals surface area contributed by atoms with Crippen LogP contribution in [0.2, 0.25) is 0 Å². The molecule has 25 heavy (non-hydrogen) atoms. The predicted octanol–water partition coefficient (Wildman–Crippen LogP) is 2.07. The van der Waals surface area contributed by atoms with E-state index >= 15 is 0 Å². The van der Waals surface area contributed by atoms with Gasteiger partial charge < -0.3 is 10.0 Å². The highest BCUT2D eigenvalue weighted by Crippen LogP contribution is 2.22. The fraction of sp³-hybridized carbons (Fsp3) is 0.158. The number of benzene rings is 2. The number of rotatable bonds is 2. The Morgan fingerprint density at radius 3 is 2.52 bits per heavy atom. The molecule has 1 aliphatic rings. The van der Waals surface area contributed by atoms with Crippen molar-refractivity contribution in [2.45, 2.75) is 13.0 Å². The Balaban J connectivity index is 1.66. The highest BCUT2D eigenvalue weighted by molar-refractivity contribution is 5.96. The highest BCUT2D eigenvalue weighted by atomic mass is 16.3. The van der Waals surface area contributed by atoms with Gasteiger partial charge in [0.25, 0.3) is 11.5 Å². The number of amides is 1. The third-order valence-electron chi connectivity index (χ3n) is 4.49. The van der Waals surface area contributed by atoms with E-state index in [1.165, 1.54) is 10.7 Å². The van der Waals surface area contributed by atoms with Crippen LogP contribution in [0.5, 0.6) is 5.75 Å². The normalized spacial score (nSPS) is 13.5. The molecule has 1 amide bonds. The number of hydrogen-bond acceptors (Lipinski definition) is 3. The first kappa shape index (κ1) is 15.3. The fourth-order valence-electron chi connectivity index (χ4n) is 3.16. The van der Waals surface area contributed by atoms with Gasteiger partial charge in [0, 0.05) is 18.7 Å². The van der Waals surface area contributed by atoms with Crippen LogP contribution in [0.3, 0.4) is 0 Å². The van der Waals surface area contributed by atoms with E-state index in [2.05, 4.69) is 5.10 Å². The summed E-state index contributed by atoms with van der Waals surface area (Å²) < 4.78 is 1.51. The number of H-pyrrole nitrogens is 1. The summed E-state index contributed by atoms with van der Waals surface area (Å²) in [6.45, 7) is 0.729. The summed E-state index contributed by atoms with van der Waals surface area (Å²) in [5.74, 6) is -0.315. The van der Waals surface area contributed by atoms with E-state index in [1.54, 1.807) is 23.1 Å². The molecule has 6 heteroatoms. The standard InChI is InChI=1S/C19H17N3O3/c23-17-9-5-4-8-14(17)18(24)21-11-10-16-15(12-21)19(25)22(20-16)13-6-2-1-3-7-13/h1-9,20,23H,10-12H2. The van der Waals surface area contributed by atoms with Gasteiger partial charge in [0.15, 0.2) is 0 Å². The summed E-state index contributed by atoms with van der Waals surface area (Å²) in [7, 11) is 0. The molecule has 2 aromatic carbocycles. The molecular formula is C19H17N3O3. The third kappa shape index (κ3) is 2.61. The van der Waals surface area contributed by atoms with Crippen LogP contribution >= 0.6 is 0 Å². The van der Waals surface area contributed by atoms with Crippen LogP contribution in [0.4, 0.5) is 0 Å². The average molecular weight is 335 g/mol. The predicted molar refractivity (Wildman–Crippen MR) is 92.9 cm³/mol. The van der Waals surface area contributed by atoms with Crippen molar-refractivity contribution in [1.29, 1.82) is 0 Å². The monoisotopic (exact) mass is 335 g/mol. The number of aromatic amines is 1. The van der Waals surface area contributed by atoms with Gasteiger partial charge in [-0.05, 0) is 24.3 Å². The van der Waals surface area contributed by atoms with Crippen molar-refractivity contribution in [3.63, 3.8) is 0 Å². The quantitative estimate of drug-likeness (QED) is 0.752. The number of nitrogens with one attached hydrogen (secondary N) is 1. The summed E-state index contributed by atoms with van der Waals surface area (Å²) in [6.07, 6.45) is 0.573. The molecule has 0 radical (unpaired) electrons. The third-order valence-corrected chi connectivity index (χ3v) is 4.49. The molecule has 2 heterocycles. The van der Waals surface area contributed by atoms with Crippen molar-refractivity contribution in [3.05, 3.63) is 81.8 Å². The van der Waals surface area contributed by atoms with Crippen molar-refractivity contribution in [2.24, 2.45) is 0 Å². The number of fused-ring (bicyclic) bond motifs is 1. The number of phenols is 1. The minimum atomic E-state index is -0.268. The van der Waals surface area contributed by atoms with Crippen LogP contribution < -0.4 is 5.56 Å². The molecular weight excluding hydrogens is 318 g/mol. The lowest BCUT2D eigenvalue weighted by Crippen LogP contribution is -2.37. The van der Waals surface area contributed by atoms with E-state index in [4.69, 9.17) is 0 Å². The van der Waals surface area contributed by atoms with Gasteiger partial charge in [0.2, 0.25) is 0 Å². The number of nitrogens with zero attached hydrogens (tertiary/aromatic N) is 2. The zero-order valence-electron chi connectivity index (χ0n) is 13.5. The van der Waals surface area contributed by atoms with Crippen molar-refractivity contribution < 1.29 is 9.90 Å². The second kappa shape index (κ2) is 5.98. The lowest BCUT2D eigenvalue weighted by molar-refractivity contribution is 0.0731. The second-order valence-corrected chi connectivity index (χ2v) is 6.04. The maximum absolute atomic E-state index is 12.7. The average Bonchev–Trinajstić information content (AvgIpc) is 2.98. The summed E-state index contributed by atoms with van der Waals surface area (Å²) in [4.78, 5) is 27.0. The van der Waals surface area contributed by atoms with Crippen LogP contribution in [0.1, 0.15) is 21.6 Å². The lowest BCUT2D eigenvalue weighted by Gasteiger charge is -2.26. The van der Waals surface area contributed by atoms with Gasteiger partial charge >= 0.3 is 0 Å². The van der Waals surface area contributed by atoms with Crippen LogP contribution in [-0.2, 0) is 13.0 Å². The Morgan fingerprint density at radius 1 is 1.04 bits per heavy atom. The fourth-order valence-corrected chi connectivity index (χ4v) is 3.16. The van der Waals surface area contributed by atoms with Crippen molar-refractivity contribution in [2.75, 3.05) is 6.54 Å². The van der Waals surface area contributed by atoms with Crippen LogP contribution in [0.25, 0.3) is 5.69 Å². The first-order valence-electron chi connectivity index (χ1n) is 8.10. The van der Waals surface area contributed by atoms with Gasteiger partial charge in [0.05, 0.1) is 23.4 Å². The molecule has 0 saturated carbocycles. The molecule has 4 rings (SSSR count). The van der Waals surface area contributed by atoms with Crippen molar-refractivity contribution in [3.8, 4) is 11.4 Å². The molecule has 0 saturated heterocycles. The molecule has 2 N–H and O–H groups in total. The molecule has 0 spiro atoms. The van der Waals surface area contributed by atoms with E-state index in [-0.39, 0.29) is 29.3 Å². The summed E-state index contributed by atoms with van der Waals surface area (Å²) >= 11 is 0. The minimum Gasteiger partial charge on any atom is -0.507 e. The van der Waals surface area contributed by atoms with E-state index < -0.39 is 0 Å². The van der Waals surface area contributed by atoms with Gasteiger partial charge in [-0.1, -0.05) is 30.3 Å². The molecule has 0 unspecified atom stereocenters. The first-order chi connectivity index (χ1) is 12.1. The summed E-state index contributed by atoms with van der Waals surface area (Å²) in [6, 6.07) is 15.8. The molecule has 126 valence electrons. The Labute approximate surface area is 143 Å². The molecule has 0 fully saturated rings. The smallest absolute Gasteiger partial charge is 0.276 e. The summed E-state index contributed by atoms with van der Waals surface area (Å²) in [5.41, 5.74) is 2.33. The Kier molecular flexibility index (Phi) is 3.65.